The fourth-order valence-corrected chi connectivity index (χ4v) is 2.62. The number of amides is 1. The van der Waals surface area contributed by atoms with Gasteiger partial charge < -0.3 is 9.84 Å². The number of carbonyl (C=O) groups excluding carboxylic acids is 1. The van der Waals surface area contributed by atoms with E-state index >= 15 is 0 Å². The van der Waals surface area contributed by atoms with Gasteiger partial charge in [-0.2, -0.15) is 0 Å². The molecule has 0 aromatic carbocycles. The van der Waals surface area contributed by atoms with Crippen LogP contribution >= 0.6 is 0 Å². The van der Waals surface area contributed by atoms with Gasteiger partial charge in [-0.05, 0) is 52.2 Å². The van der Waals surface area contributed by atoms with E-state index in [-0.39, 0.29) is 6.54 Å². The molecule has 2 atom stereocenters. The lowest BCUT2D eigenvalue weighted by atomic mass is 9.88. The van der Waals surface area contributed by atoms with Crippen LogP contribution in [0.1, 0.15) is 46.1 Å². The highest BCUT2D eigenvalue weighted by atomic mass is 16.6. The molecule has 0 radical (unpaired) electrons. The second-order valence-electron chi connectivity index (χ2n) is 6.39. The zero-order valence-corrected chi connectivity index (χ0v) is 13.7. The first-order chi connectivity index (χ1) is 10.3. The Bertz CT molecular complexity index is 565. The molecular weight excluding hydrogens is 280 g/mol. The predicted octanol–water partition coefficient (Wildman–Crippen LogP) is 3.25. The van der Waals surface area contributed by atoms with Gasteiger partial charge in [0.2, 0.25) is 0 Å². The van der Waals surface area contributed by atoms with E-state index in [1.807, 2.05) is 19.9 Å². The molecule has 1 aliphatic rings. The summed E-state index contributed by atoms with van der Waals surface area (Å²) < 4.78 is 5.52. The smallest absolute Gasteiger partial charge is 0.413 e. The molecule has 2 rings (SSSR count). The van der Waals surface area contributed by atoms with Crippen molar-refractivity contribution in [3.8, 4) is 0 Å². The van der Waals surface area contributed by atoms with Crippen LogP contribution in [0.3, 0.4) is 0 Å². The van der Waals surface area contributed by atoms with Crippen molar-refractivity contribution in [1.29, 1.82) is 0 Å². The molecule has 1 aromatic heterocycles. The minimum absolute atomic E-state index is 0.276. The molecule has 0 saturated carbocycles. The quantitative estimate of drug-likeness (QED) is 0.848. The number of ether oxygens (including phenoxy) is 1. The number of carbonyl (C=O) groups is 1. The molecule has 1 aromatic rings. The van der Waals surface area contributed by atoms with Gasteiger partial charge in [0.1, 0.15) is 0 Å². The van der Waals surface area contributed by atoms with Crippen molar-refractivity contribution in [3.05, 3.63) is 41.7 Å². The second kappa shape index (κ2) is 6.08. The number of nitrogens with zero attached hydrogens (tertiary/aromatic N) is 2. The summed E-state index contributed by atoms with van der Waals surface area (Å²) in [5.41, 5.74) is -0.235. The number of hydrogen-bond acceptors (Lipinski definition) is 4. The molecular formula is C17H24N2O3. The lowest BCUT2D eigenvalue weighted by Gasteiger charge is -2.37. The molecule has 0 bridgehead atoms. The molecule has 1 fully saturated rings. The first kappa shape index (κ1) is 16.5. The summed E-state index contributed by atoms with van der Waals surface area (Å²) in [7, 11) is 0. The highest BCUT2D eigenvalue weighted by Crippen LogP contribution is 2.41. The Balaban J connectivity index is 2.16. The first-order valence-electron chi connectivity index (χ1n) is 7.51. The summed E-state index contributed by atoms with van der Waals surface area (Å²) in [6.07, 6.45) is 6.27. The van der Waals surface area contributed by atoms with Crippen molar-refractivity contribution >= 4 is 6.09 Å². The van der Waals surface area contributed by atoms with Crippen LogP contribution in [0.25, 0.3) is 0 Å². The van der Waals surface area contributed by atoms with Gasteiger partial charge in [0, 0.05) is 12.4 Å². The fourth-order valence-electron chi connectivity index (χ4n) is 2.62. The third-order valence-corrected chi connectivity index (χ3v) is 4.30. The van der Waals surface area contributed by atoms with Gasteiger partial charge in [-0.15, -0.1) is 0 Å². The molecule has 1 aliphatic heterocycles. The molecule has 120 valence electrons. The summed E-state index contributed by atoms with van der Waals surface area (Å²) in [6.45, 7) is 7.74. The van der Waals surface area contributed by atoms with Crippen LogP contribution in [0, 0.1) is 0 Å². The normalized spacial score (nSPS) is 27.7. The van der Waals surface area contributed by atoms with Gasteiger partial charge in [0.05, 0.1) is 6.54 Å². The van der Waals surface area contributed by atoms with Crippen molar-refractivity contribution in [2.75, 3.05) is 0 Å². The van der Waals surface area contributed by atoms with Crippen LogP contribution in [0.4, 0.5) is 4.79 Å². The largest absolute Gasteiger partial charge is 0.438 e. The van der Waals surface area contributed by atoms with E-state index in [2.05, 4.69) is 11.1 Å². The first-order valence-corrected chi connectivity index (χ1v) is 7.51. The summed E-state index contributed by atoms with van der Waals surface area (Å²) in [5, 5.41) is 10.9. The fraction of sp³-hybridized carbons (Fsp3) is 0.529. The average Bonchev–Trinajstić information content (AvgIpc) is 2.60. The van der Waals surface area contributed by atoms with E-state index < -0.39 is 17.4 Å². The summed E-state index contributed by atoms with van der Waals surface area (Å²) in [4.78, 5) is 17.6. The Hall–Kier alpha value is -1.88. The number of rotatable bonds is 5. The summed E-state index contributed by atoms with van der Waals surface area (Å²) in [5.74, 6) is 0. The van der Waals surface area contributed by atoms with E-state index in [4.69, 9.17) is 4.74 Å². The zero-order valence-electron chi connectivity index (χ0n) is 13.7. The summed E-state index contributed by atoms with van der Waals surface area (Å²) in [6, 6.07) is 3.68. The number of aliphatic hydroxyl groups is 1. The van der Waals surface area contributed by atoms with Crippen LogP contribution in [-0.2, 0) is 11.3 Å². The molecule has 5 heteroatoms. The highest BCUT2D eigenvalue weighted by molar-refractivity contribution is 5.72. The zero-order chi connectivity index (χ0) is 16.4. The summed E-state index contributed by atoms with van der Waals surface area (Å²) >= 11 is 0. The van der Waals surface area contributed by atoms with Crippen LogP contribution in [0.15, 0.2) is 36.2 Å². The van der Waals surface area contributed by atoms with Crippen molar-refractivity contribution in [2.45, 2.75) is 58.4 Å². The SMILES string of the molecule is CC(C)=CCC[C@@]1(C)OC(=O)N(Cc2cccnc2)[C@@]1(C)O. The van der Waals surface area contributed by atoms with Crippen molar-refractivity contribution in [2.24, 2.45) is 0 Å². The Morgan fingerprint density at radius 2 is 2.18 bits per heavy atom. The van der Waals surface area contributed by atoms with Crippen molar-refractivity contribution in [3.63, 3.8) is 0 Å². The Labute approximate surface area is 131 Å². The van der Waals surface area contributed by atoms with Crippen LogP contribution in [0.5, 0.6) is 0 Å². The third kappa shape index (κ3) is 3.14. The number of aromatic nitrogens is 1. The molecule has 5 nitrogen and oxygen atoms in total. The minimum atomic E-state index is -1.37. The number of pyridine rings is 1. The number of allylic oxidation sites excluding steroid dienone is 2. The molecule has 1 amide bonds. The molecule has 2 heterocycles. The van der Waals surface area contributed by atoms with Crippen molar-refractivity contribution < 1.29 is 14.6 Å². The Morgan fingerprint density at radius 1 is 1.45 bits per heavy atom. The van der Waals surface area contributed by atoms with Gasteiger partial charge in [0.15, 0.2) is 11.3 Å². The standard InChI is InChI=1S/C17H24N2O3/c1-13(2)7-5-9-16(3)17(4,21)19(15(20)22-16)12-14-8-6-10-18-11-14/h6-8,10-11,21H,5,9,12H2,1-4H3/t16-,17+/m1/s1. The molecule has 1 saturated heterocycles. The maximum Gasteiger partial charge on any atom is 0.413 e. The van der Waals surface area contributed by atoms with E-state index in [0.717, 1.165) is 12.0 Å². The average molecular weight is 304 g/mol. The number of hydrogen-bond donors (Lipinski definition) is 1. The molecule has 22 heavy (non-hydrogen) atoms. The van der Waals surface area contributed by atoms with Crippen LogP contribution < -0.4 is 0 Å². The van der Waals surface area contributed by atoms with E-state index in [1.165, 1.54) is 10.5 Å². The van der Waals surface area contributed by atoms with E-state index in [1.54, 1.807) is 32.3 Å². The van der Waals surface area contributed by atoms with Crippen molar-refractivity contribution in [1.82, 2.24) is 9.88 Å². The molecule has 0 spiro atoms. The lowest BCUT2D eigenvalue weighted by molar-refractivity contribution is -0.141. The van der Waals surface area contributed by atoms with Gasteiger partial charge >= 0.3 is 6.09 Å². The maximum absolute atomic E-state index is 12.2. The van der Waals surface area contributed by atoms with Gasteiger partial charge in [-0.3, -0.25) is 9.88 Å². The lowest BCUT2D eigenvalue weighted by Crippen LogP contribution is -2.54. The van der Waals surface area contributed by atoms with Gasteiger partial charge in [-0.1, -0.05) is 17.7 Å². The molecule has 0 unspecified atom stereocenters. The minimum Gasteiger partial charge on any atom is -0.438 e. The topological polar surface area (TPSA) is 62.7 Å². The van der Waals surface area contributed by atoms with Gasteiger partial charge in [0.25, 0.3) is 0 Å². The van der Waals surface area contributed by atoms with E-state index in [9.17, 15) is 9.90 Å². The second-order valence-corrected chi connectivity index (χ2v) is 6.39. The monoisotopic (exact) mass is 304 g/mol. The molecule has 0 aliphatic carbocycles. The van der Waals surface area contributed by atoms with Gasteiger partial charge in [-0.25, -0.2) is 4.79 Å². The predicted molar refractivity (Wildman–Crippen MR) is 84.0 cm³/mol. The molecule has 1 N–H and O–H groups in total. The Kier molecular flexibility index (Phi) is 4.56. The number of cyclic esters (lactones) is 1. The Morgan fingerprint density at radius 3 is 2.77 bits per heavy atom. The maximum atomic E-state index is 12.2. The van der Waals surface area contributed by atoms with Crippen LogP contribution in [0.2, 0.25) is 0 Å². The third-order valence-electron chi connectivity index (χ3n) is 4.30. The van der Waals surface area contributed by atoms with Crippen LogP contribution in [-0.4, -0.2) is 32.4 Å². The van der Waals surface area contributed by atoms with E-state index in [0.29, 0.717) is 6.42 Å². The highest BCUT2D eigenvalue weighted by Gasteiger charge is 2.58.